The van der Waals surface area contributed by atoms with E-state index in [1.165, 1.54) is 0 Å². The lowest BCUT2D eigenvalue weighted by Crippen LogP contribution is -2.46. The molecule has 10 heteroatoms. The first kappa shape index (κ1) is 23.4. The van der Waals surface area contributed by atoms with E-state index < -0.39 is 40.9 Å². The highest BCUT2D eigenvalue weighted by molar-refractivity contribution is 7.90. The maximum atomic E-state index is 13.4. The van der Waals surface area contributed by atoms with Crippen molar-refractivity contribution in [1.82, 2.24) is 4.47 Å². The molecule has 8 nitrogen and oxygen atoms in total. The molecule has 27 heavy (non-hydrogen) atoms. The minimum absolute atomic E-state index is 0.245. The summed E-state index contributed by atoms with van der Waals surface area (Å²) in [5.74, 6) is -1.17. The van der Waals surface area contributed by atoms with Crippen molar-refractivity contribution < 1.29 is 32.3 Å². The number of nitrogens with one attached hydrogen (secondary N) is 1. The van der Waals surface area contributed by atoms with Gasteiger partial charge in [0.05, 0.1) is 12.6 Å². The fourth-order valence-electron chi connectivity index (χ4n) is 2.10. The molecular formula is C17H27FN2O6S. The number of nitrogens with zero attached hydrogens (tertiary/aromatic N) is 1. The maximum Gasteiger partial charge on any atom is 0.272 e. The number of aliphatic hydroxyl groups is 1. The number of para-hydroxylation sites is 1. The van der Waals surface area contributed by atoms with E-state index in [0.29, 0.717) is 16.8 Å². The molecule has 0 aliphatic rings. The Kier molecular flexibility index (Phi) is 8.76. The second-order valence-corrected chi connectivity index (χ2v) is 8.27. The van der Waals surface area contributed by atoms with Crippen LogP contribution in [0.1, 0.15) is 31.9 Å². The van der Waals surface area contributed by atoms with Gasteiger partial charge in [-0.3, -0.25) is 9.63 Å². The quantitative estimate of drug-likeness (QED) is 0.454. The number of aliphatic hydroxyl groups excluding tert-OH is 1. The fourth-order valence-corrected chi connectivity index (χ4v) is 3.26. The number of anilines is 1. The molecule has 0 aliphatic heterocycles. The summed E-state index contributed by atoms with van der Waals surface area (Å²) in [5.41, 5.74) is -0.687. The summed E-state index contributed by atoms with van der Waals surface area (Å²) in [4.78, 5) is 17.2. The van der Waals surface area contributed by atoms with E-state index in [1.807, 2.05) is 0 Å². The number of halogens is 1. The first-order chi connectivity index (χ1) is 12.5. The number of carbonyl (C=O) groups is 1. The van der Waals surface area contributed by atoms with Gasteiger partial charge >= 0.3 is 0 Å². The second-order valence-electron chi connectivity index (χ2n) is 6.38. The molecule has 2 unspecified atom stereocenters. The van der Waals surface area contributed by atoms with Crippen LogP contribution < -0.4 is 5.32 Å². The molecule has 2 atom stereocenters. The molecule has 1 aromatic rings. The Balaban J connectivity index is 2.97. The molecule has 1 amide bonds. The zero-order chi connectivity index (χ0) is 20.8. The van der Waals surface area contributed by atoms with Gasteiger partial charge in [-0.2, -0.15) is 0 Å². The topological polar surface area (TPSA) is 105 Å². The van der Waals surface area contributed by atoms with Gasteiger partial charge < -0.3 is 15.2 Å². The van der Waals surface area contributed by atoms with E-state index >= 15 is 0 Å². The Morgan fingerprint density at radius 1 is 1.26 bits per heavy atom. The van der Waals surface area contributed by atoms with Gasteiger partial charge in [-0.15, -0.1) is 0 Å². The summed E-state index contributed by atoms with van der Waals surface area (Å²) in [5, 5.41) is 12.5. The number of rotatable bonds is 10. The number of ether oxygens (including phenoxy) is 1. The molecule has 0 saturated carbocycles. The van der Waals surface area contributed by atoms with Gasteiger partial charge in [-0.25, -0.2) is 12.8 Å². The number of aryl methyl sites for hydroxylation is 2. The highest BCUT2D eigenvalue weighted by Gasteiger charge is 2.38. The van der Waals surface area contributed by atoms with Gasteiger partial charge in [0.25, 0.3) is 21.4 Å². The van der Waals surface area contributed by atoms with Gasteiger partial charge in [0, 0.05) is 5.69 Å². The fraction of sp³-hybridized carbons (Fsp3) is 0.588. The number of amides is 1. The van der Waals surface area contributed by atoms with Gasteiger partial charge in [-0.05, 0) is 45.7 Å². The molecule has 0 radical (unpaired) electrons. The summed E-state index contributed by atoms with van der Waals surface area (Å²) in [7, 11) is -4.70. The third-order valence-electron chi connectivity index (χ3n) is 3.52. The van der Waals surface area contributed by atoms with Crippen LogP contribution in [0.2, 0.25) is 0 Å². The van der Waals surface area contributed by atoms with Crippen LogP contribution in [0.5, 0.6) is 0 Å². The summed E-state index contributed by atoms with van der Waals surface area (Å²) in [6.45, 7) is 6.81. The van der Waals surface area contributed by atoms with E-state index in [9.17, 15) is 22.7 Å². The number of hydroxylamine groups is 1. The molecule has 1 rings (SSSR count). The number of carbonyl (C=O) groups excluding carboxylic acids is 1. The van der Waals surface area contributed by atoms with Crippen LogP contribution >= 0.6 is 0 Å². The molecular weight excluding hydrogens is 379 g/mol. The Morgan fingerprint density at radius 3 is 2.30 bits per heavy atom. The van der Waals surface area contributed by atoms with Crippen molar-refractivity contribution in [2.45, 2.75) is 52.3 Å². The summed E-state index contributed by atoms with van der Waals surface area (Å²) in [6.07, 6.45) is -1.85. The molecule has 0 bridgehead atoms. The lowest BCUT2D eigenvalue weighted by molar-refractivity contribution is -0.190. The SMILES string of the molecule is Cc1cccc(C)c1NC(=O)C(O)S(=O)(=O)N(CC(C)F)OCOC(C)C. The van der Waals surface area contributed by atoms with Crippen molar-refractivity contribution in [2.75, 3.05) is 18.7 Å². The predicted molar refractivity (Wildman–Crippen MR) is 98.9 cm³/mol. The van der Waals surface area contributed by atoms with Crippen LogP contribution in [0.4, 0.5) is 10.1 Å². The molecule has 2 N–H and O–H groups in total. The van der Waals surface area contributed by atoms with Gasteiger partial charge in [-0.1, -0.05) is 22.7 Å². The third-order valence-corrected chi connectivity index (χ3v) is 5.12. The average Bonchev–Trinajstić information content (AvgIpc) is 2.55. The number of benzene rings is 1. The Bertz CT molecular complexity index is 719. The van der Waals surface area contributed by atoms with Crippen molar-refractivity contribution in [3.05, 3.63) is 29.3 Å². The largest absolute Gasteiger partial charge is 0.368 e. The van der Waals surface area contributed by atoms with E-state index in [1.54, 1.807) is 45.9 Å². The predicted octanol–water partition coefficient (Wildman–Crippen LogP) is 1.86. The molecule has 0 saturated heterocycles. The highest BCUT2D eigenvalue weighted by atomic mass is 32.2. The molecule has 0 fully saturated rings. The molecule has 1 aromatic carbocycles. The Labute approximate surface area is 159 Å². The molecule has 154 valence electrons. The monoisotopic (exact) mass is 406 g/mol. The molecule has 0 spiro atoms. The van der Waals surface area contributed by atoms with Crippen molar-refractivity contribution in [3.8, 4) is 0 Å². The number of sulfonamides is 1. The van der Waals surface area contributed by atoms with Crippen molar-refractivity contribution in [3.63, 3.8) is 0 Å². The number of hydrogen-bond donors (Lipinski definition) is 2. The van der Waals surface area contributed by atoms with Crippen molar-refractivity contribution in [1.29, 1.82) is 0 Å². The number of hydrogen-bond acceptors (Lipinski definition) is 6. The standard InChI is InChI=1S/C17H27FN2O6S/c1-11(2)25-10-26-20(9-14(5)18)27(23,24)17(22)16(21)19-15-12(3)7-6-8-13(15)4/h6-8,11,14,17,22H,9-10H2,1-5H3,(H,19,21). The normalized spacial score (nSPS) is 14.4. The molecule has 0 aromatic heterocycles. The van der Waals surface area contributed by atoms with E-state index in [2.05, 4.69) is 5.32 Å². The maximum absolute atomic E-state index is 13.4. The van der Waals surface area contributed by atoms with E-state index in [0.717, 1.165) is 6.92 Å². The first-order valence-electron chi connectivity index (χ1n) is 8.42. The van der Waals surface area contributed by atoms with E-state index in [-0.39, 0.29) is 10.6 Å². The smallest absolute Gasteiger partial charge is 0.272 e. The minimum atomic E-state index is -4.70. The van der Waals surface area contributed by atoms with Crippen molar-refractivity contribution in [2.24, 2.45) is 0 Å². The first-order valence-corrected chi connectivity index (χ1v) is 9.92. The molecule has 0 aliphatic carbocycles. The molecule has 0 heterocycles. The van der Waals surface area contributed by atoms with Gasteiger partial charge in [0.15, 0.2) is 6.79 Å². The van der Waals surface area contributed by atoms with Crippen LogP contribution in [-0.2, 0) is 24.4 Å². The highest BCUT2D eigenvalue weighted by Crippen LogP contribution is 2.21. The van der Waals surface area contributed by atoms with Crippen LogP contribution in [0.25, 0.3) is 0 Å². The lowest BCUT2D eigenvalue weighted by atomic mass is 10.1. The van der Waals surface area contributed by atoms with Crippen LogP contribution in [0, 0.1) is 13.8 Å². The van der Waals surface area contributed by atoms with Crippen LogP contribution in [0.15, 0.2) is 18.2 Å². The van der Waals surface area contributed by atoms with E-state index in [4.69, 9.17) is 9.57 Å². The average molecular weight is 406 g/mol. The second kappa shape index (κ2) is 10.1. The van der Waals surface area contributed by atoms with Crippen LogP contribution in [-0.4, -0.2) is 54.9 Å². The Morgan fingerprint density at radius 2 is 1.81 bits per heavy atom. The third kappa shape index (κ3) is 6.82. The number of alkyl halides is 1. The Hall–Kier alpha value is -1.59. The zero-order valence-corrected chi connectivity index (χ0v) is 16.9. The van der Waals surface area contributed by atoms with Gasteiger partial charge in [0.1, 0.15) is 6.17 Å². The minimum Gasteiger partial charge on any atom is -0.368 e. The summed E-state index contributed by atoms with van der Waals surface area (Å²) >= 11 is 0. The van der Waals surface area contributed by atoms with Crippen LogP contribution in [0.3, 0.4) is 0 Å². The zero-order valence-electron chi connectivity index (χ0n) is 16.1. The van der Waals surface area contributed by atoms with Crippen molar-refractivity contribution >= 4 is 21.6 Å². The summed E-state index contributed by atoms with van der Waals surface area (Å²) in [6, 6.07) is 5.24. The summed E-state index contributed by atoms with van der Waals surface area (Å²) < 4.78 is 43.7. The van der Waals surface area contributed by atoms with Gasteiger partial charge in [0.2, 0.25) is 0 Å². The lowest BCUT2D eigenvalue weighted by Gasteiger charge is -2.25.